The number of nitrogens with zero attached hydrogens (tertiary/aromatic N) is 1. The summed E-state index contributed by atoms with van der Waals surface area (Å²) >= 11 is 0. The van der Waals surface area contributed by atoms with E-state index in [1.165, 1.54) is 12.3 Å². The van der Waals surface area contributed by atoms with Crippen molar-refractivity contribution in [3.05, 3.63) is 46.8 Å². The Labute approximate surface area is 127 Å². The summed E-state index contributed by atoms with van der Waals surface area (Å²) < 4.78 is 1.63. The number of carboxylic acids is 1. The van der Waals surface area contributed by atoms with E-state index in [4.69, 9.17) is 5.11 Å². The first-order valence-corrected chi connectivity index (χ1v) is 7.00. The normalized spacial score (nSPS) is 12.3. The molecule has 2 aromatic rings. The van der Waals surface area contributed by atoms with E-state index in [9.17, 15) is 14.4 Å². The van der Waals surface area contributed by atoms with E-state index < -0.39 is 17.9 Å². The summed E-state index contributed by atoms with van der Waals surface area (Å²) in [5.41, 5.74) is 0.527. The minimum atomic E-state index is -1.06. The number of nitrogens with one attached hydrogen (secondary N) is 1. The van der Waals surface area contributed by atoms with Crippen molar-refractivity contribution in [3.8, 4) is 0 Å². The lowest BCUT2D eigenvalue weighted by Crippen LogP contribution is -2.45. The number of benzene rings is 1. The molecule has 1 amide bonds. The number of carbonyl (C=O) groups is 2. The summed E-state index contributed by atoms with van der Waals surface area (Å²) in [6.07, 6.45) is 1.54. The van der Waals surface area contributed by atoms with E-state index in [1.807, 2.05) is 0 Å². The van der Waals surface area contributed by atoms with E-state index in [1.54, 1.807) is 42.7 Å². The van der Waals surface area contributed by atoms with Crippen LogP contribution in [0.1, 0.15) is 13.8 Å². The van der Waals surface area contributed by atoms with Gasteiger partial charge < -0.3 is 15.0 Å². The molecule has 0 spiro atoms. The van der Waals surface area contributed by atoms with Crippen molar-refractivity contribution in [2.75, 3.05) is 0 Å². The second-order valence-electron chi connectivity index (χ2n) is 5.45. The van der Waals surface area contributed by atoms with Gasteiger partial charge in [0.1, 0.15) is 12.6 Å². The number of hydrogen-bond donors (Lipinski definition) is 2. The molecule has 6 heteroatoms. The van der Waals surface area contributed by atoms with Gasteiger partial charge in [0.15, 0.2) is 5.43 Å². The molecule has 1 atom stereocenters. The van der Waals surface area contributed by atoms with Gasteiger partial charge in [0, 0.05) is 17.6 Å². The van der Waals surface area contributed by atoms with Crippen molar-refractivity contribution < 1.29 is 14.7 Å². The van der Waals surface area contributed by atoms with Crippen molar-refractivity contribution in [2.45, 2.75) is 26.4 Å². The van der Waals surface area contributed by atoms with Gasteiger partial charge in [-0.05, 0) is 18.1 Å². The Bertz CT molecular complexity index is 764. The SMILES string of the molecule is CC(C)C(NC(=O)Cn1ccc(=O)c2ccccc21)C(=O)O. The highest BCUT2D eigenvalue weighted by atomic mass is 16.4. The summed E-state index contributed by atoms with van der Waals surface area (Å²) in [5.74, 6) is -1.68. The molecule has 0 aliphatic carbocycles. The number of hydrogen-bond acceptors (Lipinski definition) is 3. The van der Waals surface area contributed by atoms with Crippen molar-refractivity contribution >= 4 is 22.8 Å². The number of carbonyl (C=O) groups excluding carboxylic acids is 1. The van der Waals surface area contributed by atoms with Gasteiger partial charge in [-0.3, -0.25) is 9.59 Å². The van der Waals surface area contributed by atoms with E-state index >= 15 is 0 Å². The lowest BCUT2D eigenvalue weighted by molar-refractivity contribution is -0.143. The maximum absolute atomic E-state index is 12.1. The fourth-order valence-electron chi connectivity index (χ4n) is 2.29. The quantitative estimate of drug-likeness (QED) is 0.869. The molecular formula is C16H18N2O4. The lowest BCUT2D eigenvalue weighted by atomic mass is 10.0. The molecule has 22 heavy (non-hydrogen) atoms. The van der Waals surface area contributed by atoms with Crippen LogP contribution in [0, 0.1) is 5.92 Å². The van der Waals surface area contributed by atoms with Crippen LogP contribution in [0.4, 0.5) is 0 Å². The number of fused-ring (bicyclic) bond motifs is 1. The molecule has 0 saturated heterocycles. The molecule has 1 unspecified atom stereocenters. The summed E-state index contributed by atoms with van der Waals surface area (Å²) in [7, 11) is 0. The van der Waals surface area contributed by atoms with Crippen LogP contribution in [0.3, 0.4) is 0 Å². The van der Waals surface area contributed by atoms with E-state index in [0.29, 0.717) is 10.9 Å². The second kappa shape index (κ2) is 6.43. The molecule has 0 aliphatic rings. The third kappa shape index (κ3) is 3.33. The molecule has 1 aromatic carbocycles. The smallest absolute Gasteiger partial charge is 0.326 e. The second-order valence-corrected chi connectivity index (χ2v) is 5.45. The average molecular weight is 302 g/mol. The van der Waals surface area contributed by atoms with E-state index in [2.05, 4.69) is 5.32 Å². The zero-order valence-corrected chi connectivity index (χ0v) is 12.4. The lowest BCUT2D eigenvalue weighted by Gasteiger charge is -2.18. The molecular weight excluding hydrogens is 284 g/mol. The van der Waals surface area contributed by atoms with Crippen molar-refractivity contribution in [1.82, 2.24) is 9.88 Å². The summed E-state index contributed by atoms with van der Waals surface area (Å²) in [6.45, 7) is 3.42. The van der Waals surface area contributed by atoms with E-state index in [0.717, 1.165) is 0 Å². The van der Waals surface area contributed by atoms with Gasteiger partial charge in [0.2, 0.25) is 5.91 Å². The van der Waals surface area contributed by atoms with Crippen LogP contribution in [0.2, 0.25) is 0 Å². The van der Waals surface area contributed by atoms with Crippen molar-refractivity contribution in [1.29, 1.82) is 0 Å². The number of rotatable bonds is 5. The fourth-order valence-corrected chi connectivity index (χ4v) is 2.29. The topological polar surface area (TPSA) is 88.4 Å². The number of amides is 1. The number of aliphatic carboxylic acids is 1. The first-order valence-electron chi connectivity index (χ1n) is 7.00. The first-order chi connectivity index (χ1) is 10.4. The van der Waals surface area contributed by atoms with Crippen LogP contribution in [0.25, 0.3) is 10.9 Å². The van der Waals surface area contributed by atoms with Gasteiger partial charge >= 0.3 is 5.97 Å². The molecule has 2 N–H and O–H groups in total. The Morgan fingerprint density at radius 2 is 1.91 bits per heavy atom. The highest BCUT2D eigenvalue weighted by molar-refractivity contribution is 5.85. The third-order valence-corrected chi connectivity index (χ3v) is 3.45. The largest absolute Gasteiger partial charge is 0.480 e. The minimum Gasteiger partial charge on any atom is -0.480 e. The molecule has 1 heterocycles. The highest BCUT2D eigenvalue weighted by Gasteiger charge is 2.23. The molecule has 0 radical (unpaired) electrons. The maximum atomic E-state index is 12.1. The van der Waals surface area contributed by atoms with E-state index in [-0.39, 0.29) is 17.9 Å². The Balaban J connectivity index is 2.24. The summed E-state index contributed by atoms with van der Waals surface area (Å²) in [6, 6.07) is 7.45. The van der Waals surface area contributed by atoms with Gasteiger partial charge in [-0.25, -0.2) is 4.79 Å². The standard InChI is InChI=1S/C16H18N2O4/c1-10(2)15(16(21)22)17-14(20)9-18-8-7-13(19)11-5-3-4-6-12(11)18/h3-8,10,15H,9H2,1-2H3,(H,17,20)(H,21,22). The molecule has 0 aliphatic heterocycles. The van der Waals surface area contributed by atoms with Crippen LogP contribution in [0.5, 0.6) is 0 Å². The minimum absolute atomic E-state index is 0.0444. The average Bonchev–Trinajstić information content (AvgIpc) is 2.47. The van der Waals surface area contributed by atoms with Crippen LogP contribution in [0.15, 0.2) is 41.3 Å². The van der Waals surface area contributed by atoms with Gasteiger partial charge in [0.25, 0.3) is 0 Å². The number of para-hydroxylation sites is 1. The summed E-state index contributed by atoms with van der Waals surface area (Å²) in [5, 5.41) is 12.1. The predicted molar refractivity (Wildman–Crippen MR) is 82.6 cm³/mol. The Morgan fingerprint density at radius 3 is 2.55 bits per heavy atom. The molecule has 2 rings (SSSR count). The van der Waals surface area contributed by atoms with Crippen LogP contribution >= 0.6 is 0 Å². The molecule has 6 nitrogen and oxygen atoms in total. The van der Waals surface area contributed by atoms with Crippen LogP contribution in [-0.4, -0.2) is 27.6 Å². The fraction of sp³-hybridized carbons (Fsp3) is 0.312. The first kappa shape index (κ1) is 15.8. The molecule has 0 saturated carbocycles. The Hall–Kier alpha value is -2.63. The summed E-state index contributed by atoms with van der Waals surface area (Å²) in [4.78, 5) is 35.0. The number of aromatic nitrogens is 1. The maximum Gasteiger partial charge on any atom is 0.326 e. The molecule has 0 fully saturated rings. The highest BCUT2D eigenvalue weighted by Crippen LogP contribution is 2.09. The van der Waals surface area contributed by atoms with Crippen molar-refractivity contribution in [2.24, 2.45) is 5.92 Å². The Kier molecular flexibility index (Phi) is 4.60. The monoisotopic (exact) mass is 302 g/mol. The zero-order chi connectivity index (χ0) is 16.3. The molecule has 1 aromatic heterocycles. The van der Waals surface area contributed by atoms with Crippen molar-refractivity contribution in [3.63, 3.8) is 0 Å². The third-order valence-electron chi connectivity index (χ3n) is 3.45. The van der Waals surface area contributed by atoms with Gasteiger partial charge in [-0.1, -0.05) is 26.0 Å². The Morgan fingerprint density at radius 1 is 1.23 bits per heavy atom. The van der Waals surface area contributed by atoms with Gasteiger partial charge in [0.05, 0.1) is 5.52 Å². The van der Waals surface area contributed by atoms with Crippen LogP contribution in [-0.2, 0) is 16.1 Å². The molecule has 116 valence electrons. The molecule has 0 bridgehead atoms. The zero-order valence-electron chi connectivity index (χ0n) is 12.4. The van der Waals surface area contributed by atoms with Crippen LogP contribution < -0.4 is 10.7 Å². The number of carboxylic acid groups (broad SMARTS) is 1. The predicted octanol–water partition coefficient (Wildman–Crippen LogP) is 1.23. The number of pyridine rings is 1. The van der Waals surface area contributed by atoms with Gasteiger partial charge in [-0.15, -0.1) is 0 Å². The van der Waals surface area contributed by atoms with Gasteiger partial charge in [-0.2, -0.15) is 0 Å².